The summed E-state index contributed by atoms with van der Waals surface area (Å²) in [5.74, 6) is -1.39. The third-order valence-corrected chi connectivity index (χ3v) is 3.58. The van der Waals surface area contributed by atoms with Gasteiger partial charge < -0.3 is 10.6 Å². The molecular formula is C12H17FN2O3S. The van der Waals surface area contributed by atoms with Gasteiger partial charge in [-0.3, -0.25) is 4.79 Å². The highest BCUT2D eigenvalue weighted by molar-refractivity contribution is 7.90. The molecule has 0 aliphatic heterocycles. The maximum atomic E-state index is 13.8. The van der Waals surface area contributed by atoms with E-state index in [4.69, 9.17) is 5.73 Å². The summed E-state index contributed by atoms with van der Waals surface area (Å²) in [4.78, 5) is 13.2. The van der Waals surface area contributed by atoms with Crippen LogP contribution in [0.2, 0.25) is 0 Å². The molecule has 0 saturated heterocycles. The number of rotatable bonds is 4. The highest BCUT2D eigenvalue weighted by Crippen LogP contribution is 2.18. The van der Waals surface area contributed by atoms with E-state index in [1.165, 1.54) is 31.0 Å². The molecular weight excluding hydrogens is 271 g/mol. The minimum absolute atomic E-state index is 0.00491. The second-order valence-electron chi connectivity index (χ2n) is 4.56. The van der Waals surface area contributed by atoms with E-state index >= 15 is 0 Å². The summed E-state index contributed by atoms with van der Waals surface area (Å²) in [5, 5.41) is 0. The average molecular weight is 288 g/mol. The largest absolute Gasteiger partial charge is 0.399 e. The predicted octanol–water partition coefficient (Wildman–Crippen LogP) is 0.833. The molecule has 0 unspecified atom stereocenters. The van der Waals surface area contributed by atoms with E-state index in [1.54, 1.807) is 0 Å². The summed E-state index contributed by atoms with van der Waals surface area (Å²) in [6, 6.07) is 2.68. The minimum Gasteiger partial charge on any atom is -0.399 e. The molecule has 0 atom stereocenters. The van der Waals surface area contributed by atoms with E-state index in [1.807, 2.05) is 0 Å². The monoisotopic (exact) mass is 288 g/mol. The molecule has 0 aromatic heterocycles. The average Bonchev–Trinajstić information content (AvgIpc) is 2.28. The predicted molar refractivity (Wildman–Crippen MR) is 72.2 cm³/mol. The fourth-order valence-corrected chi connectivity index (χ4v) is 2.17. The number of nitrogen functional groups attached to an aromatic ring is 1. The quantitative estimate of drug-likeness (QED) is 0.832. The number of carbonyl (C=O) groups excluding carboxylic acids is 1. The molecule has 0 aliphatic carbocycles. The first-order valence-electron chi connectivity index (χ1n) is 5.60. The summed E-state index contributed by atoms with van der Waals surface area (Å²) in [6.07, 6.45) is 1.08. The van der Waals surface area contributed by atoms with Crippen LogP contribution in [0.4, 0.5) is 10.1 Å². The molecule has 0 bridgehead atoms. The second kappa shape index (κ2) is 5.56. The fraction of sp³-hybridized carbons (Fsp3) is 0.417. The lowest BCUT2D eigenvalue weighted by Gasteiger charge is -2.17. The van der Waals surface area contributed by atoms with Crippen molar-refractivity contribution in [3.05, 3.63) is 29.1 Å². The van der Waals surface area contributed by atoms with Crippen molar-refractivity contribution < 1.29 is 17.6 Å². The van der Waals surface area contributed by atoms with E-state index in [0.29, 0.717) is 5.69 Å². The van der Waals surface area contributed by atoms with Gasteiger partial charge in [0.15, 0.2) is 0 Å². The van der Waals surface area contributed by atoms with Gasteiger partial charge in [-0.25, -0.2) is 12.8 Å². The van der Waals surface area contributed by atoms with Crippen molar-refractivity contribution in [2.24, 2.45) is 0 Å². The molecule has 0 fully saturated rings. The summed E-state index contributed by atoms with van der Waals surface area (Å²) < 4.78 is 35.9. The zero-order valence-electron chi connectivity index (χ0n) is 11.1. The van der Waals surface area contributed by atoms with E-state index in [-0.39, 0.29) is 23.4 Å². The van der Waals surface area contributed by atoms with Crippen molar-refractivity contribution in [1.82, 2.24) is 4.90 Å². The topological polar surface area (TPSA) is 80.5 Å². The van der Waals surface area contributed by atoms with Crippen LogP contribution in [0.3, 0.4) is 0 Å². The first-order chi connectivity index (χ1) is 8.61. The fourth-order valence-electron chi connectivity index (χ4n) is 1.56. The van der Waals surface area contributed by atoms with Gasteiger partial charge in [-0.15, -0.1) is 0 Å². The number of anilines is 1. The van der Waals surface area contributed by atoms with Gasteiger partial charge in [0.25, 0.3) is 5.91 Å². The number of hydrogen-bond acceptors (Lipinski definition) is 4. The van der Waals surface area contributed by atoms with Crippen molar-refractivity contribution >= 4 is 21.4 Å². The molecule has 0 heterocycles. The molecule has 1 amide bonds. The van der Waals surface area contributed by atoms with Gasteiger partial charge >= 0.3 is 0 Å². The van der Waals surface area contributed by atoms with Crippen molar-refractivity contribution in [3.63, 3.8) is 0 Å². The standard InChI is InChI=1S/C12H17FN2O3S/c1-8-6-9(14)7-10(11(8)13)12(16)15(2)4-5-19(3,17)18/h6-7H,4-5,14H2,1-3H3. The van der Waals surface area contributed by atoms with Gasteiger partial charge in [0.05, 0.1) is 11.3 Å². The summed E-state index contributed by atoms with van der Waals surface area (Å²) in [7, 11) is -1.75. The Kier molecular flexibility index (Phi) is 4.52. The van der Waals surface area contributed by atoms with E-state index < -0.39 is 21.6 Å². The highest BCUT2D eigenvalue weighted by atomic mass is 32.2. The van der Waals surface area contributed by atoms with Crippen molar-refractivity contribution in [3.8, 4) is 0 Å². The molecule has 106 valence electrons. The number of amides is 1. The van der Waals surface area contributed by atoms with Crippen LogP contribution in [-0.2, 0) is 9.84 Å². The molecule has 5 nitrogen and oxygen atoms in total. The van der Waals surface area contributed by atoms with Gasteiger partial charge in [-0.2, -0.15) is 0 Å². The molecule has 0 aliphatic rings. The van der Waals surface area contributed by atoms with Crippen LogP contribution < -0.4 is 5.73 Å². The van der Waals surface area contributed by atoms with Gasteiger partial charge in [0, 0.05) is 25.5 Å². The zero-order valence-corrected chi connectivity index (χ0v) is 11.9. The normalized spacial score (nSPS) is 11.4. The second-order valence-corrected chi connectivity index (χ2v) is 6.82. The SMILES string of the molecule is Cc1cc(N)cc(C(=O)N(C)CCS(C)(=O)=O)c1F. The summed E-state index contributed by atoms with van der Waals surface area (Å²) in [5.41, 5.74) is 6.00. The molecule has 1 rings (SSSR count). The lowest BCUT2D eigenvalue weighted by Crippen LogP contribution is -2.32. The Morgan fingerprint density at radius 3 is 2.53 bits per heavy atom. The molecule has 0 radical (unpaired) electrons. The van der Waals surface area contributed by atoms with Gasteiger partial charge in [0.2, 0.25) is 0 Å². The zero-order chi connectivity index (χ0) is 14.8. The summed E-state index contributed by atoms with van der Waals surface area (Å²) >= 11 is 0. The van der Waals surface area contributed by atoms with Crippen LogP contribution in [0.5, 0.6) is 0 Å². The Bertz CT molecular complexity index is 599. The number of carbonyl (C=O) groups is 1. The molecule has 2 N–H and O–H groups in total. The van der Waals surface area contributed by atoms with Crippen LogP contribution in [0.25, 0.3) is 0 Å². The van der Waals surface area contributed by atoms with Crippen LogP contribution >= 0.6 is 0 Å². The Morgan fingerprint density at radius 1 is 1.42 bits per heavy atom. The number of halogens is 1. The number of hydrogen-bond donors (Lipinski definition) is 1. The number of nitrogens with zero attached hydrogens (tertiary/aromatic N) is 1. The molecule has 0 spiro atoms. The molecule has 1 aromatic carbocycles. The first kappa shape index (κ1) is 15.4. The van der Waals surface area contributed by atoms with Gasteiger partial charge in [-0.05, 0) is 24.6 Å². The van der Waals surface area contributed by atoms with Crippen LogP contribution in [-0.4, -0.2) is 44.8 Å². The lowest BCUT2D eigenvalue weighted by atomic mass is 10.1. The van der Waals surface area contributed by atoms with E-state index in [9.17, 15) is 17.6 Å². The van der Waals surface area contributed by atoms with Crippen molar-refractivity contribution in [1.29, 1.82) is 0 Å². The molecule has 0 saturated carbocycles. The summed E-state index contributed by atoms with van der Waals surface area (Å²) in [6.45, 7) is 1.52. The third-order valence-electron chi connectivity index (χ3n) is 2.65. The van der Waals surface area contributed by atoms with Gasteiger partial charge in [0.1, 0.15) is 15.7 Å². The Balaban J connectivity index is 2.94. The third kappa shape index (κ3) is 4.20. The van der Waals surface area contributed by atoms with Crippen molar-refractivity contribution in [2.75, 3.05) is 31.3 Å². The van der Waals surface area contributed by atoms with Crippen LogP contribution in [0.15, 0.2) is 12.1 Å². The number of nitrogens with two attached hydrogens (primary N) is 1. The van der Waals surface area contributed by atoms with Gasteiger partial charge in [-0.1, -0.05) is 0 Å². The van der Waals surface area contributed by atoms with E-state index in [0.717, 1.165) is 6.26 Å². The Morgan fingerprint density at radius 2 is 2.00 bits per heavy atom. The van der Waals surface area contributed by atoms with Crippen LogP contribution in [0.1, 0.15) is 15.9 Å². The Hall–Kier alpha value is -1.63. The first-order valence-corrected chi connectivity index (χ1v) is 7.66. The lowest BCUT2D eigenvalue weighted by molar-refractivity contribution is 0.0798. The van der Waals surface area contributed by atoms with Crippen LogP contribution in [0, 0.1) is 12.7 Å². The Labute approximate surface area is 112 Å². The number of sulfone groups is 1. The number of benzene rings is 1. The van der Waals surface area contributed by atoms with E-state index in [2.05, 4.69) is 0 Å². The molecule has 1 aromatic rings. The minimum atomic E-state index is -3.17. The smallest absolute Gasteiger partial charge is 0.256 e. The highest BCUT2D eigenvalue weighted by Gasteiger charge is 2.19. The molecule has 7 heteroatoms. The number of aryl methyl sites for hydroxylation is 1. The molecule has 19 heavy (non-hydrogen) atoms. The maximum Gasteiger partial charge on any atom is 0.256 e. The maximum absolute atomic E-state index is 13.8. The van der Waals surface area contributed by atoms with Crippen molar-refractivity contribution in [2.45, 2.75) is 6.92 Å².